The van der Waals surface area contributed by atoms with Crippen LogP contribution in [0.5, 0.6) is 0 Å². The number of hydrogen-bond donors (Lipinski definition) is 1. The molecule has 0 radical (unpaired) electrons. The first-order valence-corrected chi connectivity index (χ1v) is 7.96. The monoisotopic (exact) mass is 281 g/mol. The van der Waals surface area contributed by atoms with Gasteiger partial charge in [0.2, 0.25) is 0 Å². The molecule has 1 heteroatoms. The largest absolute Gasteiger partial charge is 0.310 e. The highest BCUT2D eigenvalue weighted by Crippen LogP contribution is 2.21. The van der Waals surface area contributed by atoms with E-state index in [1.165, 1.54) is 27.8 Å². The number of nitrogens with one attached hydrogen (secondary N) is 1. The number of rotatable bonds is 6. The van der Waals surface area contributed by atoms with Crippen molar-refractivity contribution in [1.29, 1.82) is 0 Å². The third kappa shape index (κ3) is 4.44. The highest BCUT2D eigenvalue weighted by Gasteiger charge is 2.12. The second-order valence-electron chi connectivity index (χ2n) is 6.04. The summed E-state index contributed by atoms with van der Waals surface area (Å²) in [6, 6.07) is 16.1. The standard InChI is InChI=1S/C20H27N/c1-5-11-21-20(14-18-8-6-7-15(2)12-18)19-10-9-16(3)17(4)13-19/h6-10,12-13,20-21H,5,11,14H2,1-4H3. The molecule has 0 spiro atoms. The molecule has 2 aromatic rings. The normalized spacial score (nSPS) is 12.4. The zero-order valence-electron chi connectivity index (χ0n) is 13.7. The molecule has 2 aromatic carbocycles. The first-order chi connectivity index (χ1) is 10.1. The average molecular weight is 281 g/mol. The molecule has 0 aliphatic heterocycles. The Hall–Kier alpha value is -1.60. The van der Waals surface area contributed by atoms with Gasteiger partial charge in [-0.05, 0) is 62.4 Å². The second kappa shape index (κ2) is 7.42. The summed E-state index contributed by atoms with van der Waals surface area (Å²) in [4.78, 5) is 0. The maximum absolute atomic E-state index is 3.70. The van der Waals surface area contributed by atoms with Crippen LogP contribution in [0.25, 0.3) is 0 Å². The topological polar surface area (TPSA) is 12.0 Å². The van der Waals surface area contributed by atoms with Crippen LogP contribution in [0.1, 0.15) is 47.2 Å². The van der Waals surface area contributed by atoms with Gasteiger partial charge in [-0.3, -0.25) is 0 Å². The summed E-state index contributed by atoms with van der Waals surface area (Å²) in [6.07, 6.45) is 2.21. The van der Waals surface area contributed by atoms with Crippen LogP contribution in [0.4, 0.5) is 0 Å². The minimum Gasteiger partial charge on any atom is -0.310 e. The molecular weight excluding hydrogens is 254 g/mol. The van der Waals surface area contributed by atoms with Crippen LogP contribution in [0.3, 0.4) is 0 Å². The molecule has 2 rings (SSSR count). The van der Waals surface area contributed by atoms with E-state index in [0.29, 0.717) is 6.04 Å². The zero-order valence-corrected chi connectivity index (χ0v) is 13.7. The zero-order chi connectivity index (χ0) is 15.2. The lowest BCUT2D eigenvalue weighted by atomic mass is 9.95. The van der Waals surface area contributed by atoms with Crippen molar-refractivity contribution in [2.45, 2.75) is 46.6 Å². The van der Waals surface area contributed by atoms with Gasteiger partial charge < -0.3 is 5.32 Å². The van der Waals surface area contributed by atoms with Gasteiger partial charge in [0.15, 0.2) is 0 Å². The Morgan fingerprint density at radius 2 is 1.76 bits per heavy atom. The minimum atomic E-state index is 0.394. The second-order valence-corrected chi connectivity index (χ2v) is 6.04. The van der Waals surface area contributed by atoms with Crippen molar-refractivity contribution in [3.8, 4) is 0 Å². The van der Waals surface area contributed by atoms with E-state index in [4.69, 9.17) is 0 Å². The fourth-order valence-corrected chi connectivity index (χ4v) is 2.68. The summed E-state index contributed by atoms with van der Waals surface area (Å²) in [5.41, 5.74) is 6.88. The Labute approximate surface area is 129 Å². The van der Waals surface area contributed by atoms with Crippen molar-refractivity contribution in [3.63, 3.8) is 0 Å². The minimum absolute atomic E-state index is 0.394. The van der Waals surface area contributed by atoms with Crippen molar-refractivity contribution in [2.24, 2.45) is 0 Å². The molecular formula is C20H27N. The smallest absolute Gasteiger partial charge is 0.0360 e. The molecule has 0 aromatic heterocycles. The summed E-state index contributed by atoms with van der Waals surface area (Å²) in [5.74, 6) is 0. The van der Waals surface area contributed by atoms with Gasteiger partial charge in [-0.2, -0.15) is 0 Å². The van der Waals surface area contributed by atoms with Gasteiger partial charge >= 0.3 is 0 Å². The van der Waals surface area contributed by atoms with Crippen LogP contribution < -0.4 is 5.32 Å². The van der Waals surface area contributed by atoms with Gasteiger partial charge in [0.1, 0.15) is 0 Å². The third-order valence-electron chi connectivity index (χ3n) is 4.10. The van der Waals surface area contributed by atoms with Crippen molar-refractivity contribution in [1.82, 2.24) is 5.32 Å². The Bertz CT molecular complexity index is 586. The van der Waals surface area contributed by atoms with E-state index in [-0.39, 0.29) is 0 Å². The molecule has 21 heavy (non-hydrogen) atoms. The Balaban J connectivity index is 2.22. The van der Waals surface area contributed by atoms with E-state index >= 15 is 0 Å². The highest BCUT2D eigenvalue weighted by atomic mass is 14.9. The van der Waals surface area contributed by atoms with Crippen LogP contribution in [0.2, 0.25) is 0 Å². The maximum atomic E-state index is 3.70. The van der Waals surface area contributed by atoms with Crippen molar-refractivity contribution in [3.05, 3.63) is 70.3 Å². The lowest BCUT2D eigenvalue weighted by Crippen LogP contribution is -2.24. The van der Waals surface area contributed by atoms with Crippen molar-refractivity contribution < 1.29 is 0 Å². The Morgan fingerprint density at radius 1 is 0.952 bits per heavy atom. The number of aryl methyl sites for hydroxylation is 3. The van der Waals surface area contributed by atoms with Crippen LogP contribution >= 0.6 is 0 Å². The molecule has 0 bridgehead atoms. The predicted molar refractivity (Wildman–Crippen MR) is 91.8 cm³/mol. The quantitative estimate of drug-likeness (QED) is 0.794. The average Bonchev–Trinajstić information content (AvgIpc) is 2.46. The molecule has 1 N–H and O–H groups in total. The first kappa shape index (κ1) is 15.8. The van der Waals surface area contributed by atoms with Gasteiger partial charge in [-0.25, -0.2) is 0 Å². The number of hydrogen-bond acceptors (Lipinski definition) is 1. The summed E-state index contributed by atoms with van der Waals surface area (Å²) in [6.45, 7) is 9.81. The summed E-state index contributed by atoms with van der Waals surface area (Å²) in [5, 5.41) is 3.70. The van der Waals surface area contributed by atoms with Crippen LogP contribution in [0.15, 0.2) is 42.5 Å². The van der Waals surface area contributed by atoms with Gasteiger partial charge in [0.25, 0.3) is 0 Å². The molecule has 0 saturated carbocycles. The molecule has 1 unspecified atom stereocenters. The van der Waals surface area contributed by atoms with Crippen LogP contribution in [-0.4, -0.2) is 6.54 Å². The fourth-order valence-electron chi connectivity index (χ4n) is 2.68. The molecule has 0 aliphatic rings. The van der Waals surface area contributed by atoms with Crippen LogP contribution in [0, 0.1) is 20.8 Å². The Morgan fingerprint density at radius 3 is 2.43 bits per heavy atom. The van der Waals surface area contributed by atoms with E-state index < -0.39 is 0 Å². The van der Waals surface area contributed by atoms with E-state index in [1.54, 1.807) is 0 Å². The predicted octanol–water partition coefficient (Wildman–Crippen LogP) is 4.90. The highest BCUT2D eigenvalue weighted by molar-refractivity contribution is 5.33. The SMILES string of the molecule is CCCNC(Cc1cccc(C)c1)c1ccc(C)c(C)c1. The van der Waals surface area contributed by atoms with Gasteiger partial charge in [-0.15, -0.1) is 0 Å². The fraction of sp³-hybridized carbons (Fsp3) is 0.400. The summed E-state index contributed by atoms with van der Waals surface area (Å²) >= 11 is 0. The molecule has 1 atom stereocenters. The van der Waals surface area contributed by atoms with E-state index in [9.17, 15) is 0 Å². The molecule has 0 aliphatic carbocycles. The molecule has 1 nitrogen and oxygen atoms in total. The molecule has 0 saturated heterocycles. The molecule has 112 valence electrons. The lowest BCUT2D eigenvalue weighted by molar-refractivity contribution is 0.529. The van der Waals surface area contributed by atoms with Crippen LogP contribution in [-0.2, 0) is 6.42 Å². The molecule has 0 heterocycles. The molecule has 0 fully saturated rings. The maximum Gasteiger partial charge on any atom is 0.0360 e. The first-order valence-electron chi connectivity index (χ1n) is 7.96. The summed E-state index contributed by atoms with van der Waals surface area (Å²) in [7, 11) is 0. The Kier molecular flexibility index (Phi) is 5.58. The van der Waals surface area contributed by atoms with Gasteiger partial charge in [-0.1, -0.05) is 55.0 Å². The molecule has 0 amide bonds. The third-order valence-corrected chi connectivity index (χ3v) is 4.10. The summed E-state index contributed by atoms with van der Waals surface area (Å²) < 4.78 is 0. The number of benzene rings is 2. The van der Waals surface area contributed by atoms with E-state index in [0.717, 1.165) is 19.4 Å². The van der Waals surface area contributed by atoms with E-state index in [2.05, 4.69) is 75.5 Å². The van der Waals surface area contributed by atoms with Gasteiger partial charge in [0.05, 0.1) is 0 Å². The lowest BCUT2D eigenvalue weighted by Gasteiger charge is -2.20. The van der Waals surface area contributed by atoms with Gasteiger partial charge in [0, 0.05) is 6.04 Å². The van der Waals surface area contributed by atoms with Crippen molar-refractivity contribution in [2.75, 3.05) is 6.54 Å². The van der Waals surface area contributed by atoms with Crippen molar-refractivity contribution >= 4 is 0 Å². The van der Waals surface area contributed by atoms with E-state index in [1.807, 2.05) is 0 Å².